The van der Waals surface area contributed by atoms with Crippen molar-refractivity contribution >= 4 is 27.9 Å². The normalized spacial score (nSPS) is 10.3. The standard InChI is InChI=1S/C10H10BrNO/c1-12-10(13)6-5-8-3-2-4-9(11)7-8/h2-7H,1H3,(H,12,13)/b6-5+. The Morgan fingerprint density at radius 3 is 2.92 bits per heavy atom. The number of carbonyl (C=O) groups excluding carboxylic acids is 1. The monoisotopic (exact) mass is 239 g/mol. The SMILES string of the molecule is CNC(=O)/C=C/c1cccc(Br)c1. The lowest BCUT2D eigenvalue weighted by atomic mass is 10.2. The van der Waals surface area contributed by atoms with Crippen molar-refractivity contribution < 1.29 is 4.79 Å². The van der Waals surface area contributed by atoms with Crippen LogP contribution < -0.4 is 5.32 Å². The summed E-state index contributed by atoms with van der Waals surface area (Å²) in [6.45, 7) is 0. The van der Waals surface area contributed by atoms with Crippen LogP contribution in [0.25, 0.3) is 6.08 Å². The van der Waals surface area contributed by atoms with Gasteiger partial charge in [-0.2, -0.15) is 0 Å². The highest BCUT2D eigenvalue weighted by molar-refractivity contribution is 9.10. The third kappa shape index (κ3) is 3.42. The maximum absolute atomic E-state index is 10.9. The maximum atomic E-state index is 10.9. The molecule has 0 aliphatic heterocycles. The molecule has 0 bridgehead atoms. The molecule has 1 aromatic rings. The molecule has 0 fully saturated rings. The quantitative estimate of drug-likeness (QED) is 0.789. The van der Waals surface area contributed by atoms with Crippen molar-refractivity contribution in [3.8, 4) is 0 Å². The van der Waals surface area contributed by atoms with Crippen LogP contribution in [0.1, 0.15) is 5.56 Å². The molecular formula is C10H10BrNO. The topological polar surface area (TPSA) is 29.1 Å². The van der Waals surface area contributed by atoms with E-state index in [0.29, 0.717) is 0 Å². The highest BCUT2D eigenvalue weighted by Crippen LogP contribution is 2.12. The molecule has 0 heterocycles. The molecule has 0 aliphatic rings. The summed E-state index contributed by atoms with van der Waals surface area (Å²) >= 11 is 3.35. The first kappa shape index (κ1) is 9.99. The number of benzene rings is 1. The first-order valence-electron chi connectivity index (χ1n) is 3.88. The minimum Gasteiger partial charge on any atom is -0.356 e. The molecule has 1 rings (SSSR count). The Morgan fingerprint density at radius 2 is 2.31 bits per heavy atom. The highest BCUT2D eigenvalue weighted by atomic mass is 79.9. The second-order valence-electron chi connectivity index (χ2n) is 2.50. The van der Waals surface area contributed by atoms with E-state index in [0.717, 1.165) is 10.0 Å². The van der Waals surface area contributed by atoms with E-state index in [9.17, 15) is 4.79 Å². The largest absolute Gasteiger partial charge is 0.356 e. The molecule has 0 aromatic heterocycles. The number of amides is 1. The van der Waals surface area contributed by atoms with Crippen molar-refractivity contribution in [2.24, 2.45) is 0 Å². The second-order valence-corrected chi connectivity index (χ2v) is 3.42. The van der Waals surface area contributed by atoms with E-state index in [-0.39, 0.29) is 5.91 Å². The van der Waals surface area contributed by atoms with Crippen LogP contribution in [0.4, 0.5) is 0 Å². The Hall–Kier alpha value is -1.09. The van der Waals surface area contributed by atoms with Gasteiger partial charge in [-0.1, -0.05) is 28.1 Å². The van der Waals surface area contributed by atoms with E-state index in [4.69, 9.17) is 0 Å². The fourth-order valence-electron chi connectivity index (χ4n) is 0.866. The van der Waals surface area contributed by atoms with Crippen LogP contribution >= 0.6 is 15.9 Å². The van der Waals surface area contributed by atoms with Crippen LogP contribution in [-0.4, -0.2) is 13.0 Å². The molecule has 1 N–H and O–H groups in total. The fourth-order valence-corrected chi connectivity index (χ4v) is 1.28. The Bertz CT molecular complexity index is 333. The minimum absolute atomic E-state index is 0.0972. The van der Waals surface area contributed by atoms with Gasteiger partial charge in [-0.25, -0.2) is 0 Å². The van der Waals surface area contributed by atoms with Crippen molar-refractivity contribution in [1.29, 1.82) is 0 Å². The fraction of sp³-hybridized carbons (Fsp3) is 0.100. The predicted molar refractivity (Wildman–Crippen MR) is 57.2 cm³/mol. The lowest BCUT2D eigenvalue weighted by molar-refractivity contribution is -0.115. The van der Waals surface area contributed by atoms with E-state index in [2.05, 4.69) is 21.2 Å². The third-order valence-electron chi connectivity index (χ3n) is 1.52. The van der Waals surface area contributed by atoms with Gasteiger partial charge in [0, 0.05) is 17.6 Å². The average molecular weight is 240 g/mol. The summed E-state index contributed by atoms with van der Waals surface area (Å²) in [4.78, 5) is 10.9. The summed E-state index contributed by atoms with van der Waals surface area (Å²) in [5, 5.41) is 2.51. The van der Waals surface area contributed by atoms with Gasteiger partial charge in [0.2, 0.25) is 5.91 Å². The second kappa shape index (κ2) is 4.82. The van der Waals surface area contributed by atoms with Gasteiger partial charge in [-0.15, -0.1) is 0 Å². The number of rotatable bonds is 2. The van der Waals surface area contributed by atoms with Gasteiger partial charge < -0.3 is 5.32 Å². The van der Waals surface area contributed by atoms with E-state index in [1.807, 2.05) is 24.3 Å². The number of hydrogen-bond donors (Lipinski definition) is 1. The molecule has 0 spiro atoms. The summed E-state index contributed by atoms with van der Waals surface area (Å²) < 4.78 is 1.01. The molecule has 1 aromatic carbocycles. The van der Waals surface area contributed by atoms with Gasteiger partial charge in [0.1, 0.15) is 0 Å². The number of nitrogens with one attached hydrogen (secondary N) is 1. The summed E-state index contributed by atoms with van der Waals surface area (Å²) in [5.41, 5.74) is 0.998. The van der Waals surface area contributed by atoms with Crippen molar-refractivity contribution in [3.05, 3.63) is 40.4 Å². The maximum Gasteiger partial charge on any atom is 0.243 e. The van der Waals surface area contributed by atoms with E-state index >= 15 is 0 Å². The molecule has 1 amide bonds. The lowest BCUT2D eigenvalue weighted by Gasteiger charge is -1.94. The van der Waals surface area contributed by atoms with Gasteiger partial charge in [0.15, 0.2) is 0 Å². The molecular weight excluding hydrogens is 230 g/mol. The van der Waals surface area contributed by atoms with E-state index in [1.165, 1.54) is 6.08 Å². The minimum atomic E-state index is -0.0972. The summed E-state index contributed by atoms with van der Waals surface area (Å²) in [6, 6.07) is 7.74. The van der Waals surface area contributed by atoms with Crippen LogP contribution in [0.5, 0.6) is 0 Å². The van der Waals surface area contributed by atoms with Crippen LogP contribution in [-0.2, 0) is 4.79 Å². The number of carbonyl (C=O) groups is 1. The lowest BCUT2D eigenvalue weighted by Crippen LogP contribution is -2.13. The molecule has 0 radical (unpaired) electrons. The molecule has 2 nitrogen and oxygen atoms in total. The zero-order valence-corrected chi connectivity index (χ0v) is 8.84. The van der Waals surface area contributed by atoms with Crippen LogP contribution in [0, 0.1) is 0 Å². The van der Waals surface area contributed by atoms with Gasteiger partial charge in [0.05, 0.1) is 0 Å². The summed E-state index contributed by atoms with van der Waals surface area (Å²) in [7, 11) is 1.60. The van der Waals surface area contributed by atoms with Gasteiger partial charge in [-0.3, -0.25) is 4.79 Å². The van der Waals surface area contributed by atoms with Crippen molar-refractivity contribution in [2.75, 3.05) is 7.05 Å². The van der Waals surface area contributed by atoms with E-state index in [1.54, 1.807) is 13.1 Å². The summed E-state index contributed by atoms with van der Waals surface area (Å²) in [6.07, 6.45) is 3.27. The average Bonchev–Trinajstić information content (AvgIpc) is 2.14. The molecule has 0 saturated heterocycles. The van der Waals surface area contributed by atoms with Crippen LogP contribution in [0.15, 0.2) is 34.8 Å². The Morgan fingerprint density at radius 1 is 1.54 bits per heavy atom. The van der Waals surface area contributed by atoms with Crippen molar-refractivity contribution in [1.82, 2.24) is 5.32 Å². The number of likely N-dealkylation sites (N-methyl/N-ethyl adjacent to an activating group) is 1. The Kier molecular flexibility index (Phi) is 3.71. The van der Waals surface area contributed by atoms with E-state index < -0.39 is 0 Å². The van der Waals surface area contributed by atoms with Crippen molar-refractivity contribution in [3.63, 3.8) is 0 Å². The van der Waals surface area contributed by atoms with Crippen LogP contribution in [0.2, 0.25) is 0 Å². The van der Waals surface area contributed by atoms with Gasteiger partial charge in [-0.05, 0) is 23.8 Å². The van der Waals surface area contributed by atoms with Crippen molar-refractivity contribution in [2.45, 2.75) is 0 Å². The molecule has 13 heavy (non-hydrogen) atoms. The van der Waals surface area contributed by atoms with Crippen LogP contribution in [0.3, 0.4) is 0 Å². The predicted octanol–water partition coefficient (Wildman–Crippen LogP) is 2.21. The molecule has 3 heteroatoms. The molecule has 0 unspecified atom stereocenters. The number of halogens is 1. The number of hydrogen-bond acceptors (Lipinski definition) is 1. The molecule has 68 valence electrons. The molecule has 0 aliphatic carbocycles. The van der Waals surface area contributed by atoms with Gasteiger partial charge >= 0.3 is 0 Å². The zero-order valence-electron chi connectivity index (χ0n) is 7.25. The van der Waals surface area contributed by atoms with Gasteiger partial charge in [0.25, 0.3) is 0 Å². The first-order valence-corrected chi connectivity index (χ1v) is 4.67. The Balaban J connectivity index is 2.74. The third-order valence-corrected chi connectivity index (χ3v) is 2.02. The Labute approximate surface area is 85.8 Å². The first-order chi connectivity index (χ1) is 6.22. The molecule has 0 atom stereocenters. The zero-order chi connectivity index (χ0) is 9.68. The summed E-state index contributed by atoms with van der Waals surface area (Å²) in [5.74, 6) is -0.0972. The molecule has 0 saturated carbocycles. The smallest absolute Gasteiger partial charge is 0.243 e. The highest BCUT2D eigenvalue weighted by Gasteiger charge is 1.90.